The molecule has 1 saturated heterocycles. The number of sulfonamides is 1. The Morgan fingerprint density at radius 1 is 1.03 bits per heavy atom. The summed E-state index contributed by atoms with van der Waals surface area (Å²) >= 11 is 0. The minimum absolute atomic E-state index is 0.00909. The Morgan fingerprint density at radius 2 is 1.73 bits per heavy atom. The number of hydrogen-bond acceptors (Lipinski definition) is 10. The number of nitrogens with one attached hydrogen (secondary N) is 1. The van der Waals surface area contributed by atoms with E-state index in [1.54, 1.807) is 13.0 Å². The quantitative estimate of drug-likeness (QED) is 0.136. The van der Waals surface area contributed by atoms with Crippen LogP contribution >= 0.6 is 0 Å². The van der Waals surface area contributed by atoms with Gasteiger partial charge < -0.3 is 19.1 Å². The molecule has 3 heterocycles. The Bertz CT molecular complexity index is 2220. The maximum absolute atomic E-state index is 14.9. The third-order valence-electron chi connectivity index (χ3n) is 13.2. The van der Waals surface area contributed by atoms with Gasteiger partial charge in [0.2, 0.25) is 27.7 Å². The second-order valence-electron chi connectivity index (χ2n) is 18.2. The summed E-state index contributed by atoms with van der Waals surface area (Å²) in [5.41, 5.74) is -5.14. The van der Waals surface area contributed by atoms with E-state index in [0.717, 1.165) is 24.8 Å². The molecule has 0 radical (unpaired) electrons. The maximum Gasteiger partial charge on any atom is 0.433 e. The van der Waals surface area contributed by atoms with Gasteiger partial charge in [-0.3, -0.25) is 23.9 Å². The standard InChI is InChI=1S/C43H53F6N3O9S/c1-24-9-7-8-10-27-20-42(27,38(56)51-62(57,58)41(23-44)13-14-41)21-33(53)32-18-29(60-36-30-12-11-28(59-6)16-26(30)17-34(50-36)43(47,48)49)22-52(32)37(55)31(25(2)15-24)19-35(54)61-39(3,4)40(5,45)46/h8,10-12,16-17,24-25,27,29,31-32H,7,9,13-15,18-23H2,1-6H3,(H,51,56)/b10-8-/t24-,25+,27+,29+,31-,32-,42+/m0/s1. The average molecular weight is 902 g/mol. The third-order valence-corrected chi connectivity index (χ3v) is 15.3. The molecule has 2 aliphatic carbocycles. The minimum Gasteiger partial charge on any atom is -0.497 e. The number of esters is 1. The first-order chi connectivity index (χ1) is 28.8. The predicted octanol–water partition coefficient (Wildman–Crippen LogP) is 7.52. The number of Topliss-reactive ketones (excluding diaryl/α,β-unsaturated/α-hetero) is 1. The van der Waals surface area contributed by atoms with E-state index in [1.807, 2.05) is 17.7 Å². The minimum atomic E-state index is -4.90. The number of carbonyl (C=O) groups is 4. The highest BCUT2D eigenvalue weighted by atomic mass is 32.2. The van der Waals surface area contributed by atoms with E-state index < -0.39 is 129 Å². The van der Waals surface area contributed by atoms with Crippen molar-refractivity contribution in [2.24, 2.45) is 29.1 Å². The van der Waals surface area contributed by atoms with E-state index in [0.29, 0.717) is 26.2 Å². The van der Waals surface area contributed by atoms with Gasteiger partial charge in [-0.2, -0.15) is 13.2 Å². The fraction of sp³-hybridized carbons (Fsp3) is 0.651. The smallest absolute Gasteiger partial charge is 0.433 e. The largest absolute Gasteiger partial charge is 0.497 e. The molecule has 6 rings (SSSR count). The van der Waals surface area contributed by atoms with Crippen LogP contribution < -0.4 is 14.2 Å². The van der Waals surface area contributed by atoms with Gasteiger partial charge in [0.15, 0.2) is 11.4 Å². The van der Waals surface area contributed by atoms with Crippen LogP contribution in [0.2, 0.25) is 0 Å². The Morgan fingerprint density at radius 3 is 2.34 bits per heavy atom. The number of ether oxygens (including phenoxy) is 3. The van der Waals surface area contributed by atoms with E-state index >= 15 is 0 Å². The highest BCUT2D eigenvalue weighted by Gasteiger charge is 2.63. The number of halogens is 6. The Hall–Kier alpha value is -4.42. The molecule has 1 aromatic carbocycles. The molecule has 4 aliphatic rings. The Balaban J connectivity index is 1.39. The number of fused-ring (bicyclic) bond motifs is 3. The van der Waals surface area contributed by atoms with Crippen molar-refractivity contribution < 1.29 is 68.1 Å². The van der Waals surface area contributed by atoms with Crippen LogP contribution in [0.15, 0.2) is 36.4 Å². The van der Waals surface area contributed by atoms with Gasteiger partial charge in [0.05, 0.1) is 37.5 Å². The van der Waals surface area contributed by atoms with Gasteiger partial charge in [0.1, 0.15) is 29.0 Å². The van der Waals surface area contributed by atoms with E-state index in [4.69, 9.17) is 14.2 Å². The first-order valence-corrected chi connectivity index (χ1v) is 22.2. The molecule has 0 unspecified atom stereocenters. The summed E-state index contributed by atoms with van der Waals surface area (Å²) in [6.07, 6.45) is -2.49. The highest BCUT2D eigenvalue weighted by Crippen LogP contribution is 2.58. The van der Waals surface area contributed by atoms with Crippen molar-refractivity contribution in [1.82, 2.24) is 14.6 Å². The van der Waals surface area contributed by atoms with Crippen molar-refractivity contribution in [3.05, 3.63) is 42.1 Å². The van der Waals surface area contributed by atoms with Crippen molar-refractivity contribution in [2.75, 3.05) is 20.3 Å². The molecule has 3 fully saturated rings. The number of ketones is 1. The zero-order chi connectivity index (χ0) is 45.8. The van der Waals surface area contributed by atoms with Crippen molar-refractivity contribution in [3.8, 4) is 11.6 Å². The SMILES string of the molecule is COc1ccc2c(O[C@@H]3C[C@H]4C(=O)C[C@]5(C(=O)NS(=O)(=O)C6(CF)CC6)C[C@H]5/C=C\CC[C@H](C)C[C@@H](C)[C@H](CC(=O)OC(C)(C)C(C)(F)F)C(=O)N4C3)nc(C(F)(F)F)cc2c1. The van der Waals surface area contributed by atoms with Crippen LogP contribution in [0.1, 0.15) is 98.1 Å². The molecule has 7 atom stereocenters. The topological polar surface area (TPSA) is 158 Å². The number of pyridine rings is 1. The van der Waals surface area contributed by atoms with Crippen LogP contribution in [0.5, 0.6) is 11.6 Å². The van der Waals surface area contributed by atoms with Gasteiger partial charge >= 0.3 is 12.1 Å². The summed E-state index contributed by atoms with van der Waals surface area (Å²) in [5.74, 6) is -9.67. The summed E-state index contributed by atoms with van der Waals surface area (Å²) in [7, 11) is -3.14. The molecule has 1 aromatic heterocycles. The monoisotopic (exact) mass is 901 g/mol. The zero-order valence-electron chi connectivity index (χ0n) is 35.5. The highest BCUT2D eigenvalue weighted by molar-refractivity contribution is 7.91. The van der Waals surface area contributed by atoms with Crippen LogP contribution in [0.25, 0.3) is 10.8 Å². The lowest BCUT2D eigenvalue weighted by molar-refractivity contribution is -0.197. The van der Waals surface area contributed by atoms with E-state index in [1.165, 1.54) is 25.3 Å². The fourth-order valence-electron chi connectivity index (χ4n) is 8.56. The number of amides is 2. The lowest BCUT2D eigenvalue weighted by Gasteiger charge is -2.34. The summed E-state index contributed by atoms with van der Waals surface area (Å²) in [4.78, 5) is 61.9. The molecule has 19 heteroatoms. The normalized spacial score (nSPS) is 28.8. The Kier molecular flexibility index (Phi) is 12.9. The second-order valence-corrected chi connectivity index (χ2v) is 20.3. The number of methoxy groups -OCH3 is 1. The first-order valence-electron chi connectivity index (χ1n) is 20.7. The van der Waals surface area contributed by atoms with Crippen molar-refractivity contribution in [2.45, 2.75) is 127 Å². The number of carbonyl (C=O) groups excluding carboxylic acids is 4. The number of aromatic nitrogens is 1. The lowest BCUT2D eigenvalue weighted by Crippen LogP contribution is -2.49. The second kappa shape index (κ2) is 16.9. The number of benzene rings is 1. The Labute approximate surface area is 356 Å². The summed E-state index contributed by atoms with van der Waals surface area (Å²) < 4.78 is 129. The molecule has 342 valence electrons. The molecule has 0 bridgehead atoms. The molecular formula is C43H53F6N3O9S. The van der Waals surface area contributed by atoms with Crippen molar-refractivity contribution in [3.63, 3.8) is 0 Å². The number of rotatable bonds is 11. The average Bonchev–Trinajstić information content (AvgIpc) is 4.08. The predicted molar refractivity (Wildman–Crippen MR) is 213 cm³/mol. The van der Waals surface area contributed by atoms with Crippen LogP contribution in [0.4, 0.5) is 26.3 Å². The van der Waals surface area contributed by atoms with Crippen molar-refractivity contribution >= 4 is 44.4 Å². The molecule has 2 aromatic rings. The van der Waals surface area contributed by atoms with Crippen molar-refractivity contribution in [1.29, 1.82) is 0 Å². The molecule has 0 spiro atoms. The number of hydrogen-bond donors (Lipinski definition) is 1. The molecule has 12 nitrogen and oxygen atoms in total. The van der Waals surface area contributed by atoms with Gasteiger partial charge in [0.25, 0.3) is 5.92 Å². The van der Waals surface area contributed by atoms with Crippen LogP contribution in [0.3, 0.4) is 0 Å². The van der Waals surface area contributed by atoms with Crippen LogP contribution in [-0.4, -0.2) is 90.6 Å². The van der Waals surface area contributed by atoms with E-state index in [9.17, 15) is 53.9 Å². The lowest BCUT2D eigenvalue weighted by atomic mass is 9.82. The molecule has 2 amide bonds. The number of nitrogens with zero attached hydrogens (tertiary/aromatic N) is 2. The van der Waals surface area contributed by atoms with Gasteiger partial charge in [0, 0.05) is 25.2 Å². The maximum atomic E-state index is 14.9. The summed E-state index contributed by atoms with van der Waals surface area (Å²) in [5, 5.41) is 0.228. The summed E-state index contributed by atoms with van der Waals surface area (Å²) in [6.45, 7) is 4.69. The molecule has 2 saturated carbocycles. The van der Waals surface area contributed by atoms with Crippen LogP contribution in [0, 0.1) is 29.1 Å². The van der Waals surface area contributed by atoms with Gasteiger partial charge in [-0.25, -0.2) is 26.6 Å². The van der Waals surface area contributed by atoms with E-state index in [2.05, 4.69) is 4.98 Å². The third kappa shape index (κ3) is 9.56. The van der Waals surface area contributed by atoms with Gasteiger partial charge in [-0.1, -0.05) is 26.0 Å². The number of allylic oxidation sites excluding steroid dienone is 2. The molecule has 1 N–H and O–H groups in total. The molecule has 62 heavy (non-hydrogen) atoms. The molecular weight excluding hydrogens is 849 g/mol. The van der Waals surface area contributed by atoms with Crippen LogP contribution in [-0.2, 0) is 40.1 Å². The van der Waals surface area contributed by atoms with E-state index in [-0.39, 0.29) is 48.1 Å². The van der Waals surface area contributed by atoms with Gasteiger partial charge in [-0.15, -0.1) is 0 Å². The number of alkyl halides is 6. The zero-order valence-corrected chi connectivity index (χ0v) is 36.3. The first kappa shape index (κ1) is 47.1. The summed E-state index contributed by atoms with van der Waals surface area (Å²) in [6, 6.07) is 3.71. The fourth-order valence-corrected chi connectivity index (χ4v) is 10.0. The van der Waals surface area contributed by atoms with Gasteiger partial charge in [-0.05, 0) is 99.8 Å². The molecule has 2 aliphatic heterocycles.